The fourth-order valence-corrected chi connectivity index (χ4v) is 3.45. The van der Waals surface area contributed by atoms with Crippen LogP contribution < -0.4 is 14.8 Å². The Balaban J connectivity index is 2.16. The molecule has 0 aliphatic rings. The van der Waals surface area contributed by atoms with Crippen molar-refractivity contribution in [1.29, 1.82) is 0 Å². The first kappa shape index (κ1) is 19.6. The third-order valence-corrected chi connectivity index (χ3v) is 5.13. The van der Waals surface area contributed by atoms with E-state index in [1.54, 1.807) is 20.3 Å². The van der Waals surface area contributed by atoms with E-state index in [1.807, 2.05) is 24.3 Å². The van der Waals surface area contributed by atoms with Crippen molar-refractivity contribution in [3.63, 3.8) is 0 Å². The number of methoxy groups -OCH3 is 2. The number of rotatable bonds is 7. The Hall–Kier alpha value is -1.76. The Labute approximate surface area is 163 Å². The summed E-state index contributed by atoms with van der Waals surface area (Å²) in [7, 11) is 3.15. The van der Waals surface area contributed by atoms with E-state index in [9.17, 15) is 4.79 Å². The maximum atomic E-state index is 12.7. The van der Waals surface area contributed by atoms with Crippen LogP contribution in [-0.2, 0) is 0 Å². The van der Waals surface area contributed by atoms with Gasteiger partial charge in [0.25, 0.3) is 5.91 Å². The van der Waals surface area contributed by atoms with E-state index in [1.165, 1.54) is 5.56 Å². The second-order valence-corrected chi connectivity index (χ2v) is 7.32. The normalized spacial score (nSPS) is 11.9. The predicted octanol–water partition coefficient (Wildman–Crippen LogP) is 4.48. The van der Waals surface area contributed by atoms with E-state index < -0.39 is 0 Å². The molecule has 1 unspecified atom stereocenters. The molecule has 5 heteroatoms. The zero-order valence-corrected chi connectivity index (χ0v) is 17.2. The minimum atomic E-state index is -0.105. The molecule has 0 aromatic heterocycles. The van der Waals surface area contributed by atoms with Crippen molar-refractivity contribution in [3.05, 3.63) is 57.2 Å². The van der Waals surface area contributed by atoms with Gasteiger partial charge in [-0.3, -0.25) is 4.79 Å². The summed E-state index contributed by atoms with van der Waals surface area (Å²) in [5.74, 6) is 1.76. The zero-order chi connectivity index (χ0) is 18.4. The molecular formula is C20H24INO3. The molecule has 0 bridgehead atoms. The molecule has 134 valence electrons. The van der Waals surface area contributed by atoms with Gasteiger partial charge in [-0.1, -0.05) is 44.2 Å². The minimum Gasteiger partial charge on any atom is -0.493 e. The summed E-state index contributed by atoms with van der Waals surface area (Å²) in [6.45, 7) is 4.93. The van der Waals surface area contributed by atoms with E-state index in [2.05, 4.69) is 53.9 Å². The molecule has 0 spiro atoms. The Kier molecular flexibility index (Phi) is 7.11. The molecule has 0 fully saturated rings. The molecule has 25 heavy (non-hydrogen) atoms. The molecule has 0 aliphatic carbocycles. The summed E-state index contributed by atoms with van der Waals surface area (Å²) in [6, 6.07) is 13.8. The second-order valence-electron chi connectivity index (χ2n) is 6.16. The Morgan fingerprint density at radius 3 is 2.24 bits per heavy atom. The van der Waals surface area contributed by atoms with Crippen molar-refractivity contribution in [3.8, 4) is 11.5 Å². The van der Waals surface area contributed by atoms with Gasteiger partial charge in [-0.15, -0.1) is 0 Å². The lowest BCUT2D eigenvalue weighted by Crippen LogP contribution is -2.31. The van der Waals surface area contributed by atoms with Crippen LogP contribution in [0.15, 0.2) is 42.5 Å². The van der Waals surface area contributed by atoms with Gasteiger partial charge >= 0.3 is 0 Å². The minimum absolute atomic E-state index is 0.105. The molecule has 4 nitrogen and oxygen atoms in total. The van der Waals surface area contributed by atoms with E-state index >= 15 is 0 Å². The highest BCUT2D eigenvalue weighted by atomic mass is 127. The van der Waals surface area contributed by atoms with Gasteiger partial charge in [0, 0.05) is 16.0 Å². The van der Waals surface area contributed by atoms with Crippen molar-refractivity contribution in [2.75, 3.05) is 20.8 Å². The van der Waals surface area contributed by atoms with Crippen molar-refractivity contribution in [2.24, 2.45) is 5.92 Å². The number of carbonyl (C=O) groups excluding carboxylic acids is 1. The summed E-state index contributed by atoms with van der Waals surface area (Å²) in [5, 5.41) is 3.07. The first-order valence-electron chi connectivity index (χ1n) is 8.22. The van der Waals surface area contributed by atoms with Crippen LogP contribution in [0.25, 0.3) is 0 Å². The molecule has 0 saturated heterocycles. The van der Waals surface area contributed by atoms with Crippen LogP contribution in [0.1, 0.15) is 35.7 Å². The number of hydrogen-bond acceptors (Lipinski definition) is 3. The highest BCUT2D eigenvalue weighted by Gasteiger charge is 2.19. The van der Waals surface area contributed by atoms with Gasteiger partial charge in [0.05, 0.1) is 19.8 Å². The van der Waals surface area contributed by atoms with Gasteiger partial charge in [0.15, 0.2) is 11.5 Å². The molecular weight excluding hydrogens is 429 g/mol. The Morgan fingerprint density at radius 2 is 1.68 bits per heavy atom. The average molecular weight is 453 g/mol. The van der Waals surface area contributed by atoms with Crippen LogP contribution in [-0.4, -0.2) is 26.7 Å². The summed E-state index contributed by atoms with van der Waals surface area (Å²) in [6.07, 6.45) is 0. The molecule has 2 aromatic rings. The highest BCUT2D eigenvalue weighted by Crippen LogP contribution is 2.31. The van der Waals surface area contributed by atoms with Gasteiger partial charge in [-0.25, -0.2) is 0 Å². The molecule has 0 radical (unpaired) electrons. The van der Waals surface area contributed by atoms with Crippen molar-refractivity contribution in [2.45, 2.75) is 19.8 Å². The Bertz CT molecular complexity index is 716. The zero-order valence-electron chi connectivity index (χ0n) is 15.0. The largest absolute Gasteiger partial charge is 0.493 e. The fraction of sp³-hybridized carbons (Fsp3) is 0.350. The maximum Gasteiger partial charge on any atom is 0.252 e. The van der Waals surface area contributed by atoms with Crippen molar-refractivity contribution >= 4 is 28.5 Å². The number of ether oxygens (including phenoxy) is 2. The topological polar surface area (TPSA) is 47.6 Å². The van der Waals surface area contributed by atoms with Crippen molar-refractivity contribution < 1.29 is 14.3 Å². The molecule has 0 aliphatic heterocycles. The fourth-order valence-electron chi connectivity index (χ4n) is 2.76. The van der Waals surface area contributed by atoms with Crippen LogP contribution in [0.3, 0.4) is 0 Å². The average Bonchev–Trinajstić information content (AvgIpc) is 2.62. The molecule has 1 atom stereocenters. The van der Waals surface area contributed by atoms with Gasteiger partial charge < -0.3 is 14.8 Å². The number of amides is 1. The standard InChI is InChI=1S/C20H24INO3/c1-13(2)16(14-8-6-5-7-9-14)12-22-20(23)15-10-18(24-3)19(25-4)11-17(15)21/h5-11,13,16H,12H2,1-4H3,(H,22,23). The SMILES string of the molecule is COc1cc(I)c(C(=O)NCC(c2ccccc2)C(C)C)cc1OC. The third-order valence-electron chi connectivity index (χ3n) is 4.23. The van der Waals surface area contributed by atoms with Crippen LogP contribution in [0.4, 0.5) is 0 Å². The lowest BCUT2D eigenvalue weighted by atomic mass is 9.88. The van der Waals surface area contributed by atoms with Crippen molar-refractivity contribution in [1.82, 2.24) is 5.32 Å². The summed E-state index contributed by atoms with van der Waals surface area (Å²) in [5.41, 5.74) is 1.83. The van der Waals surface area contributed by atoms with Crippen LogP contribution in [0.5, 0.6) is 11.5 Å². The Morgan fingerprint density at radius 1 is 1.08 bits per heavy atom. The number of nitrogens with one attached hydrogen (secondary N) is 1. The molecule has 2 rings (SSSR count). The smallest absolute Gasteiger partial charge is 0.252 e. The van der Waals surface area contributed by atoms with Gasteiger partial charge in [-0.2, -0.15) is 0 Å². The van der Waals surface area contributed by atoms with Gasteiger partial charge in [-0.05, 0) is 46.2 Å². The molecule has 1 N–H and O–H groups in total. The molecule has 1 amide bonds. The summed E-state index contributed by atoms with van der Waals surface area (Å²) in [4.78, 5) is 12.7. The van der Waals surface area contributed by atoms with E-state index in [4.69, 9.17) is 9.47 Å². The number of hydrogen-bond donors (Lipinski definition) is 1. The second kappa shape index (κ2) is 9.08. The highest BCUT2D eigenvalue weighted by molar-refractivity contribution is 14.1. The first-order chi connectivity index (χ1) is 12.0. The van der Waals surface area contributed by atoms with E-state index in [0.29, 0.717) is 29.5 Å². The lowest BCUT2D eigenvalue weighted by molar-refractivity contribution is 0.0948. The van der Waals surface area contributed by atoms with Crippen LogP contribution >= 0.6 is 22.6 Å². The molecule has 0 heterocycles. The quantitative estimate of drug-likeness (QED) is 0.630. The third kappa shape index (κ3) is 4.87. The summed E-state index contributed by atoms with van der Waals surface area (Å²) < 4.78 is 11.4. The number of benzene rings is 2. The summed E-state index contributed by atoms with van der Waals surface area (Å²) >= 11 is 2.14. The first-order valence-corrected chi connectivity index (χ1v) is 9.30. The van der Waals surface area contributed by atoms with E-state index in [0.717, 1.165) is 3.57 Å². The van der Waals surface area contributed by atoms with Gasteiger partial charge in [0.1, 0.15) is 0 Å². The molecule has 2 aromatic carbocycles. The van der Waals surface area contributed by atoms with Crippen LogP contribution in [0.2, 0.25) is 0 Å². The molecule has 0 saturated carbocycles. The lowest BCUT2D eigenvalue weighted by Gasteiger charge is -2.22. The number of carbonyl (C=O) groups is 1. The number of halogens is 1. The monoisotopic (exact) mass is 453 g/mol. The van der Waals surface area contributed by atoms with E-state index in [-0.39, 0.29) is 11.8 Å². The maximum absolute atomic E-state index is 12.7. The van der Waals surface area contributed by atoms with Gasteiger partial charge in [0.2, 0.25) is 0 Å². The predicted molar refractivity (Wildman–Crippen MR) is 109 cm³/mol. The van der Waals surface area contributed by atoms with Crippen LogP contribution in [0, 0.1) is 9.49 Å².